The van der Waals surface area contributed by atoms with Crippen molar-refractivity contribution in [3.8, 4) is 0 Å². The molecule has 1 aliphatic rings. The van der Waals surface area contributed by atoms with E-state index in [2.05, 4.69) is 17.4 Å². The molecule has 0 saturated carbocycles. The Kier molecular flexibility index (Phi) is 4.36. The summed E-state index contributed by atoms with van der Waals surface area (Å²) < 4.78 is 0. The Balaban J connectivity index is 1.84. The number of benzene rings is 1. The molecule has 1 saturated heterocycles. The van der Waals surface area contributed by atoms with E-state index in [0.717, 1.165) is 16.0 Å². The lowest BCUT2D eigenvalue weighted by Gasteiger charge is -2.22. The summed E-state index contributed by atoms with van der Waals surface area (Å²) in [5, 5.41) is 5.09. The number of nitrogens with one attached hydrogen (secondary N) is 1. The van der Waals surface area contributed by atoms with Gasteiger partial charge in [-0.25, -0.2) is 0 Å². The highest BCUT2D eigenvalue weighted by atomic mass is 35.5. The Bertz CT molecular complexity index is 310. The van der Waals surface area contributed by atoms with Gasteiger partial charge in [0.2, 0.25) is 0 Å². The van der Waals surface area contributed by atoms with Crippen LogP contribution in [-0.2, 0) is 5.75 Å². The molecule has 1 nitrogen and oxygen atoms in total. The fraction of sp³-hybridized carbons (Fsp3) is 0.500. The summed E-state index contributed by atoms with van der Waals surface area (Å²) in [6.07, 6.45) is 2.57. The Morgan fingerprint density at radius 2 is 2.00 bits per heavy atom. The number of thioether (sulfide) groups is 1. The average Bonchev–Trinajstić information content (AvgIpc) is 2.29. The molecular weight excluding hydrogens is 226 g/mol. The predicted molar refractivity (Wildman–Crippen MR) is 68.6 cm³/mol. The molecule has 0 radical (unpaired) electrons. The normalized spacial score (nSPS) is 17.9. The Labute approximate surface area is 101 Å². The second kappa shape index (κ2) is 5.78. The van der Waals surface area contributed by atoms with Crippen LogP contribution >= 0.6 is 23.4 Å². The molecule has 0 unspecified atom stereocenters. The molecule has 1 aromatic carbocycles. The molecule has 0 aromatic heterocycles. The van der Waals surface area contributed by atoms with Gasteiger partial charge in [0.1, 0.15) is 0 Å². The van der Waals surface area contributed by atoms with Gasteiger partial charge in [0, 0.05) is 16.0 Å². The van der Waals surface area contributed by atoms with Gasteiger partial charge in [-0.3, -0.25) is 0 Å². The quantitative estimate of drug-likeness (QED) is 0.872. The lowest BCUT2D eigenvalue weighted by molar-refractivity contribution is 0.531. The zero-order valence-corrected chi connectivity index (χ0v) is 10.3. The zero-order valence-electron chi connectivity index (χ0n) is 8.71. The first-order chi connectivity index (χ1) is 7.36. The third kappa shape index (κ3) is 3.40. The smallest absolute Gasteiger partial charge is 0.0446 e. The molecule has 0 atom stereocenters. The minimum Gasteiger partial charge on any atom is -0.317 e. The Morgan fingerprint density at radius 1 is 1.27 bits per heavy atom. The molecule has 15 heavy (non-hydrogen) atoms. The summed E-state index contributed by atoms with van der Waals surface area (Å²) in [5.74, 6) is 1.05. The van der Waals surface area contributed by atoms with Crippen molar-refractivity contribution in [1.29, 1.82) is 0 Å². The lowest BCUT2D eigenvalue weighted by atomic mass is 10.2. The first-order valence-corrected chi connectivity index (χ1v) is 6.84. The molecule has 0 spiro atoms. The van der Waals surface area contributed by atoms with Crippen LogP contribution in [0.15, 0.2) is 24.3 Å². The van der Waals surface area contributed by atoms with Crippen LogP contribution in [0.2, 0.25) is 5.02 Å². The van der Waals surface area contributed by atoms with Crippen molar-refractivity contribution in [1.82, 2.24) is 5.32 Å². The maximum Gasteiger partial charge on any atom is 0.0446 e. The van der Waals surface area contributed by atoms with Crippen molar-refractivity contribution in [2.75, 3.05) is 13.1 Å². The van der Waals surface area contributed by atoms with Gasteiger partial charge in [0.25, 0.3) is 0 Å². The highest BCUT2D eigenvalue weighted by Crippen LogP contribution is 2.27. The predicted octanol–water partition coefficient (Wildman–Crippen LogP) is 3.33. The molecule has 1 aliphatic heterocycles. The van der Waals surface area contributed by atoms with Crippen LogP contribution in [-0.4, -0.2) is 18.3 Å². The van der Waals surface area contributed by atoms with Gasteiger partial charge in [0.15, 0.2) is 0 Å². The fourth-order valence-electron chi connectivity index (χ4n) is 1.79. The van der Waals surface area contributed by atoms with E-state index in [4.69, 9.17) is 11.6 Å². The Hall–Kier alpha value is -0.180. The van der Waals surface area contributed by atoms with Gasteiger partial charge < -0.3 is 5.32 Å². The van der Waals surface area contributed by atoms with E-state index in [1.165, 1.54) is 31.5 Å². The maximum atomic E-state index is 6.12. The standard InChI is InChI=1S/C12H16ClNS/c13-12-4-2-1-3-10(12)9-15-11-5-7-14-8-6-11/h1-4,11,14H,5-9H2. The van der Waals surface area contributed by atoms with Crippen molar-refractivity contribution in [2.45, 2.75) is 23.8 Å². The van der Waals surface area contributed by atoms with Gasteiger partial charge in [0.05, 0.1) is 0 Å². The number of halogens is 1. The summed E-state index contributed by atoms with van der Waals surface area (Å²) in [7, 11) is 0. The molecule has 1 aromatic rings. The minimum absolute atomic E-state index is 0.808. The number of hydrogen-bond acceptors (Lipinski definition) is 2. The van der Waals surface area contributed by atoms with E-state index < -0.39 is 0 Å². The van der Waals surface area contributed by atoms with Crippen LogP contribution in [0.4, 0.5) is 0 Å². The lowest BCUT2D eigenvalue weighted by Crippen LogP contribution is -2.29. The van der Waals surface area contributed by atoms with E-state index in [1.807, 2.05) is 23.9 Å². The van der Waals surface area contributed by atoms with Crippen LogP contribution in [0, 0.1) is 0 Å². The second-order valence-electron chi connectivity index (χ2n) is 3.85. The van der Waals surface area contributed by atoms with Crippen molar-refractivity contribution in [2.24, 2.45) is 0 Å². The minimum atomic E-state index is 0.808. The summed E-state index contributed by atoms with van der Waals surface area (Å²) in [6, 6.07) is 8.14. The number of rotatable bonds is 3. The van der Waals surface area contributed by atoms with Crippen LogP contribution in [0.25, 0.3) is 0 Å². The van der Waals surface area contributed by atoms with Gasteiger partial charge >= 0.3 is 0 Å². The van der Waals surface area contributed by atoms with Gasteiger partial charge in [-0.15, -0.1) is 0 Å². The van der Waals surface area contributed by atoms with Crippen molar-refractivity contribution >= 4 is 23.4 Å². The first-order valence-electron chi connectivity index (χ1n) is 5.42. The largest absolute Gasteiger partial charge is 0.317 e. The molecule has 82 valence electrons. The third-order valence-electron chi connectivity index (χ3n) is 2.72. The molecule has 1 N–H and O–H groups in total. The van der Waals surface area contributed by atoms with E-state index >= 15 is 0 Å². The summed E-state index contributed by atoms with van der Waals surface area (Å²) in [6.45, 7) is 2.33. The topological polar surface area (TPSA) is 12.0 Å². The average molecular weight is 242 g/mol. The third-order valence-corrected chi connectivity index (χ3v) is 4.51. The van der Waals surface area contributed by atoms with Crippen LogP contribution in [0.1, 0.15) is 18.4 Å². The molecule has 2 rings (SSSR count). The molecule has 0 amide bonds. The highest BCUT2D eigenvalue weighted by molar-refractivity contribution is 7.99. The molecule has 1 fully saturated rings. The zero-order chi connectivity index (χ0) is 10.5. The Morgan fingerprint density at radius 3 is 2.73 bits per heavy atom. The molecule has 3 heteroatoms. The second-order valence-corrected chi connectivity index (χ2v) is 5.55. The monoisotopic (exact) mass is 241 g/mol. The molecule has 0 bridgehead atoms. The van der Waals surface area contributed by atoms with Crippen LogP contribution in [0.5, 0.6) is 0 Å². The van der Waals surface area contributed by atoms with E-state index in [9.17, 15) is 0 Å². The molecular formula is C12H16ClNS. The van der Waals surface area contributed by atoms with Gasteiger partial charge in [-0.05, 0) is 37.6 Å². The SMILES string of the molecule is Clc1ccccc1CSC1CCNCC1. The first kappa shape index (κ1) is 11.3. The number of piperidine rings is 1. The summed E-state index contributed by atoms with van der Waals surface area (Å²) in [5.41, 5.74) is 1.27. The van der Waals surface area contributed by atoms with Crippen LogP contribution < -0.4 is 5.32 Å². The molecule has 1 heterocycles. The van der Waals surface area contributed by atoms with Crippen molar-refractivity contribution < 1.29 is 0 Å². The van der Waals surface area contributed by atoms with E-state index in [0.29, 0.717) is 0 Å². The maximum absolute atomic E-state index is 6.12. The molecule has 0 aliphatic carbocycles. The fourth-order valence-corrected chi connectivity index (χ4v) is 3.30. The number of hydrogen-bond donors (Lipinski definition) is 1. The summed E-state index contributed by atoms with van der Waals surface area (Å²) >= 11 is 8.16. The van der Waals surface area contributed by atoms with Gasteiger partial charge in [-0.1, -0.05) is 29.8 Å². The summed E-state index contributed by atoms with van der Waals surface area (Å²) in [4.78, 5) is 0. The highest BCUT2D eigenvalue weighted by Gasteiger charge is 2.13. The van der Waals surface area contributed by atoms with Gasteiger partial charge in [-0.2, -0.15) is 11.8 Å². The van der Waals surface area contributed by atoms with E-state index in [-0.39, 0.29) is 0 Å². The van der Waals surface area contributed by atoms with Crippen molar-refractivity contribution in [3.05, 3.63) is 34.9 Å². The van der Waals surface area contributed by atoms with Crippen LogP contribution in [0.3, 0.4) is 0 Å². The van der Waals surface area contributed by atoms with E-state index in [1.54, 1.807) is 0 Å². The van der Waals surface area contributed by atoms with Crippen molar-refractivity contribution in [3.63, 3.8) is 0 Å².